The van der Waals surface area contributed by atoms with Crippen molar-refractivity contribution in [2.45, 2.75) is 40.0 Å². The zero-order valence-corrected chi connectivity index (χ0v) is 16.6. The summed E-state index contributed by atoms with van der Waals surface area (Å²) in [6, 6.07) is 16.5. The van der Waals surface area contributed by atoms with E-state index in [2.05, 4.69) is 41.6 Å². The fourth-order valence-electron chi connectivity index (χ4n) is 3.49. The number of hydrogen-bond donors (Lipinski definition) is 0. The molecule has 28 heavy (non-hydrogen) atoms. The van der Waals surface area contributed by atoms with Crippen molar-refractivity contribution in [1.82, 2.24) is 14.5 Å². The summed E-state index contributed by atoms with van der Waals surface area (Å²) in [6.45, 7) is 8.04. The molecule has 0 amide bonds. The zero-order valence-electron chi connectivity index (χ0n) is 16.6. The maximum Gasteiger partial charge on any atom is 0.136 e. The van der Waals surface area contributed by atoms with Crippen LogP contribution in [0.4, 0.5) is 0 Å². The van der Waals surface area contributed by atoms with Crippen LogP contribution in [-0.2, 0) is 18.0 Å². The summed E-state index contributed by atoms with van der Waals surface area (Å²) in [6.07, 6.45) is 1.84. The van der Waals surface area contributed by atoms with Gasteiger partial charge in [-0.25, -0.2) is 4.98 Å². The number of benzene rings is 2. The third-order valence-corrected chi connectivity index (χ3v) is 4.76. The smallest absolute Gasteiger partial charge is 0.136 e. The standard InChI is InChI=1S/C23H25N3O2/c1-4-27-15-22-25-21-13-24-20-12-18(28-14-17-8-6-5-7-9-17)10-11-19(20)23(21)26(22)16(2)3/h5-13,16H,4,14-15H2,1-3H3. The van der Waals surface area contributed by atoms with Crippen molar-refractivity contribution in [2.75, 3.05) is 6.61 Å². The Hall–Kier alpha value is -2.92. The second-order valence-corrected chi connectivity index (χ2v) is 7.07. The van der Waals surface area contributed by atoms with E-state index in [4.69, 9.17) is 14.5 Å². The predicted octanol–water partition coefficient (Wildman–Crippen LogP) is 5.28. The van der Waals surface area contributed by atoms with Crippen LogP contribution in [0.25, 0.3) is 21.9 Å². The molecule has 0 aliphatic heterocycles. The fraction of sp³-hybridized carbons (Fsp3) is 0.304. The number of fused-ring (bicyclic) bond motifs is 3. The van der Waals surface area contributed by atoms with Gasteiger partial charge in [0, 0.05) is 24.1 Å². The van der Waals surface area contributed by atoms with E-state index in [0.717, 1.165) is 39.1 Å². The van der Waals surface area contributed by atoms with E-state index in [1.54, 1.807) is 0 Å². The van der Waals surface area contributed by atoms with Gasteiger partial charge in [0.25, 0.3) is 0 Å². The highest BCUT2D eigenvalue weighted by atomic mass is 16.5. The van der Waals surface area contributed by atoms with Crippen LogP contribution in [0, 0.1) is 0 Å². The Bertz CT molecular complexity index is 1090. The molecule has 5 nitrogen and oxygen atoms in total. The average Bonchev–Trinajstić information content (AvgIpc) is 3.10. The van der Waals surface area contributed by atoms with Gasteiger partial charge in [-0.15, -0.1) is 0 Å². The molecule has 0 aliphatic rings. The second kappa shape index (κ2) is 7.98. The lowest BCUT2D eigenvalue weighted by atomic mass is 10.1. The SMILES string of the molecule is CCOCc1nc2cnc3cc(OCc4ccccc4)ccc3c2n1C(C)C. The molecule has 5 heteroatoms. The molecule has 0 fully saturated rings. The number of rotatable bonds is 7. The first-order chi connectivity index (χ1) is 13.7. The number of hydrogen-bond acceptors (Lipinski definition) is 4. The highest BCUT2D eigenvalue weighted by Gasteiger charge is 2.16. The minimum atomic E-state index is 0.278. The first-order valence-electron chi connectivity index (χ1n) is 9.71. The molecule has 144 valence electrons. The van der Waals surface area contributed by atoms with Gasteiger partial charge in [-0.3, -0.25) is 4.98 Å². The Labute approximate surface area is 164 Å². The van der Waals surface area contributed by atoms with Gasteiger partial charge in [0.05, 0.1) is 17.2 Å². The zero-order chi connectivity index (χ0) is 19.5. The fourth-order valence-corrected chi connectivity index (χ4v) is 3.49. The Morgan fingerprint density at radius 3 is 2.57 bits per heavy atom. The highest BCUT2D eigenvalue weighted by molar-refractivity contribution is 6.02. The molecule has 0 aliphatic carbocycles. The molecule has 0 bridgehead atoms. The number of aromatic nitrogens is 3. The molecule has 0 unspecified atom stereocenters. The van der Waals surface area contributed by atoms with E-state index in [9.17, 15) is 0 Å². The van der Waals surface area contributed by atoms with Crippen LogP contribution in [0.3, 0.4) is 0 Å². The largest absolute Gasteiger partial charge is 0.489 e. The van der Waals surface area contributed by atoms with E-state index in [-0.39, 0.29) is 6.04 Å². The summed E-state index contributed by atoms with van der Waals surface area (Å²) in [5, 5.41) is 1.08. The Morgan fingerprint density at radius 1 is 1.00 bits per heavy atom. The van der Waals surface area contributed by atoms with Gasteiger partial charge in [-0.05, 0) is 38.5 Å². The van der Waals surface area contributed by atoms with Crippen LogP contribution in [0.5, 0.6) is 5.75 Å². The first-order valence-corrected chi connectivity index (χ1v) is 9.71. The lowest BCUT2D eigenvalue weighted by molar-refractivity contribution is 0.125. The summed E-state index contributed by atoms with van der Waals surface area (Å²) >= 11 is 0. The molecular weight excluding hydrogens is 350 g/mol. The van der Waals surface area contributed by atoms with Crippen LogP contribution in [0.15, 0.2) is 54.7 Å². The van der Waals surface area contributed by atoms with Crippen LogP contribution in [-0.4, -0.2) is 21.1 Å². The third-order valence-electron chi connectivity index (χ3n) is 4.76. The number of ether oxygens (including phenoxy) is 2. The Kier molecular flexibility index (Phi) is 5.26. The summed E-state index contributed by atoms with van der Waals surface area (Å²) in [5.41, 5.74) is 4.05. The molecule has 0 saturated heterocycles. The van der Waals surface area contributed by atoms with Gasteiger partial charge in [0.2, 0.25) is 0 Å². The summed E-state index contributed by atoms with van der Waals surface area (Å²) in [7, 11) is 0. The first kappa shape index (κ1) is 18.4. The molecule has 0 spiro atoms. The molecule has 4 aromatic rings. The third kappa shape index (κ3) is 3.58. The minimum absolute atomic E-state index is 0.278. The van der Waals surface area contributed by atoms with Gasteiger partial charge in [-0.1, -0.05) is 30.3 Å². The van der Waals surface area contributed by atoms with Gasteiger partial charge in [0.1, 0.15) is 30.3 Å². The van der Waals surface area contributed by atoms with Crippen molar-refractivity contribution in [1.29, 1.82) is 0 Å². The van der Waals surface area contributed by atoms with Crippen LogP contribution in [0.2, 0.25) is 0 Å². The molecule has 2 heterocycles. The van der Waals surface area contributed by atoms with E-state index in [1.807, 2.05) is 43.5 Å². The topological polar surface area (TPSA) is 49.2 Å². The second-order valence-electron chi connectivity index (χ2n) is 7.07. The van der Waals surface area contributed by atoms with Crippen molar-refractivity contribution in [3.8, 4) is 5.75 Å². The molecule has 0 saturated carbocycles. The quantitative estimate of drug-likeness (QED) is 0.441. The Balaban J connectivity index is 1.72. The van der Waals surface area contributed by atoms with E-state index in [0.29, 0.717) is 19.8 Å². The molecule has 0 radical (unpaired) electrons. The minimum Gasteiger partial charge on any atom is -0.489 e. The van der Waals surface area contributed by atoms with Crippen LogP contribution < -0.4 is 4.74 Å². The highest BCUT2D eigenvalue weighted by Crippen LogP contribution is 2.30. The lowest BCUT2D eigenvalue weighted by Gasteiger charge is -2.14. The van der Waals surface area contributed by atoms with Gasteiger partial charge < -0.3 is 14.0 Å². The lowest BCUT2D eigenvalue weighted by Crippen LogP contribution is -2.08. The molecule has 0 atom stereocenters. The van der Waals surface area contributed by atoms with Crippen molar-refractivity contribution >= 4 is 21.9 Å². The van der Waals surface area contributed by atoms with Crippen molar-refractivity contribution in [2.24, 2.45) is 0 Å². The Morgan fingerprint density at radius 2 is 1.82 bits per heavy atom. The number of pyridine rings is 1. The average molecular weight is 375 g/mol. The summed E-state index contributed by atoms with van der Waals surface area (Å²) in [5.74, 6) is 1.75. The maximum absolute atomic E-state index is 5.97. The molecule has 4 rings (SSSR count). The summed E-state index contributed by atoms with van der Waals surface area (Å²) in [4.78, 5) is 9.39. The number of nitrogens with zero attached hydrogens (tertiary/aromatic N) is 3. The maximum atomic E-state index is 5.97. The van der Waals surface area contributed by atoms with Crippen molar-refractivity contribution in [3.05, 3.63) is 66.1 Å². The van der Waals surface area contributed by atoms with Crippen LogP contribution in [0.1, 0.15) is 38.2 Å². The summed E-state index contributed by atoms with van der Waals surface area (Å²) < 4.78 is 13.8. The van der Waals surface area contributed by atoms with Gasteiger partial charge in [0.15, 0.2) is 0 Å². The molecule has 0 N–H and O–H groups in total. The van der Waals surface area contributed by atoms with E-state index >= 15 is 0 Å². The van der Waals surface area contributed by atoms with Gasteiger partial charge in [-0.2, -0.15) is 0 Å². The molecule has 2 aromatic carbocycles. The molecular formula is C23H25N3O2. The van der Waals surface area contributed by atoms with E-state index in [1.165, 1.54) is 0 Å². The van der Waals surface area contributed by atoms with Gasteiger partial charge >= 0.3 is 0 Å². The molecule has 2 aromatic heterocycles. The predicted molar refractivity (Wildman–Crippen MR) is 112 cm³/mol. The van der Waals surface area contributed by atoms with Crippen molar-refractivity contribution in [3.63, 3.8) is 0 Å². The monoisotopic (exact) mass is 375 g/mol. The van der Waals surface area contributed by atoms with Crippen LogP contribution >= 0.6 is 0 Å². The van der Waals surface area contributed by atoms with Crippen molar-refractivity contribution < 1.29 is 9.47 Å². The van der Waals surface area contributed by atoms with E-state index < -0.39 is 0 Å². The normalized spacial score (nSPS) is 11.6. The number of imidazole rings is 1.